The van der Waals surface area contributed by atoms with E-state index < -0.39 is 0 Å². The number of hydrogen-bond donors (Lipinski definition) is 1. The van der Waals surface area contributed by atoms with Crippen molar-refractivity contribution in [2.45, 2.75) is 33.6 Å². The van der Waals surface area contributed by atoms with Gasteiger partial charge in [-0.25, -0.2) is 9.37 Å². The highest BCUT2D eigenvalue weighted by molar-refractivity contribution is 6.26. The topological polar surface area (TPSA) is 51.2 Å². The Morgan fingerprint density at radius 2 is 2.03 bits per heavy atom. The van der Waals surface area contributed by atoms with Gasteiger partial charge in [0.1, 0.15) is 18.1 Å². The molecule has 1 aliphatic heterocycles. The van der Waals surface area contributed by atoms with Crippen LogP contribution in [-0.4, -0.2) is 23.9 Å². The van der Waals surface area contributed by atoms with Crippen LogP contribution in [-0.2, 0) is 11.2 Å². The van der Waals surface area contributed by atoms with Gasteiger partial charge >= 0.3 is 0 Å². The first-order valence-electron chi connectivity index (χ1n) is 10.2. The number of ketones is 1. The van der Waals surface area contributed by atoms with Crippen molar-refractivity contribution >= 4 is 17.0 Å². The average Bonchev–Trinajstić information content (AvgIpc) is 3.29. The van der Waals surface area contributed by atoms with Gasteiger partial charge in [-0.2, -0.15) is 0 Å². The number of halogens is 1. The van der Waals surface area contributed by atoms with Gasteiger partial charge < -0.3 is 10.1 Å². The summed E-state index contributed by atoms with van der Waals surface area (Å²) in [7, 11) is 0. The molecule has 0 unspecified atom stereocenters. The van der Waals surface area contributed by atoms with Crippen molar-refractivity contribution in [3.05, 3.63) is 69.7 Å². The van der Waals surface area contributed by atoms with Crippen LogP contribution in [0, 0.1) is 19.7 Å². The number of hydrogen-bond acceptors (Lipinski definition) is 4. The largest absolute Gasteiger partial charge is 0.474 e. The number of aromatic nitrogens is 1. The molecule has 30 heavy (non-hydrogen) atoms. The summed E-state index contributed by atoms with van der Waals surface area (Å²) in [6.45, 7) is 7.28. The number of allylic oxidation sites excluding steroid dienone is 6. The quantitative estimate of drug-likeness (QED) is 0.711. The van der Waals surface area contributed by atoms with Crippen LogP contribution >= 0.6 is 0 Å². The van der Waals surface area contributed by atoms with Crippen LogP contribution < -0.4 is 10.1 Å². The molecule has 0 amide bonds. The molecule has 5 rings (SSSR count). The van der Waals surface area contributed by atoms with Gasteiger partial charge in [0.05, 0.1) is 0 Å². The smallest absolute Gasteiger partial charge is 0.237 e. The van der Waals surface area contributed by atoms with Gasteiger partial charge in [-0.15, -0.1) is 0 Å². The molecule has 0 saturated heterocycles. The molecule has 3 aliphatic rings. The van der Waals surface area contributed by atoms with Gasteiger partial charge in [-0.05, 0) is 67.2 Å². The summed E-state index contributed by atoms with van der Waals surface area (Å²) >= 11 is 0. The maximum atomic E-state index is 15.1. The molecule has 1 N–H and O–H groups in total. The summed E-state index contributed by atoms with van der Waals surface area (Å²) in [5.74, 6) is 0.219. The van der Waals surface area contributed by atoms with Gasteiger partial charge in [0.2, 0.25) is 5.88 Å². The fourth-order valence-corrected chi connectivity index (χ4v) is 4.64. The highest BCUT2D eigenvalue weighted by Gasteiger charge is 2.31. The molecule has 0 saturated carbocycles. The number of Topliss-reactive ketones (excluding diaryl/α,β-unsaturated/α-hetero) is 1. The number of pyridine rings is 1. The van der Waals surface area contributed by atoms with Crippen LogP contribution in [0.2, 0.25) is 0 Å². The third-order valence-corrected chi connectivity index (χ3v) is 6.19. The van der Waals surface area contributed by atoms with Crippen LogP contribution in [0.1, 0.15) is 35.6 Å². The summed E-state index contributed by atoms with van der Waals surface area (Å²) in [6, 6.07) is 1.55. The molecule has 2 heterocycles. The molecule has 0 bridgehead atoms. The molecule has 0 radical (unpaired) electrons. The molecular weight excluding hydrogens is 379 g/mol. The lowest BCUT2D eigenvalue weighted by atomic mass is 9.90. The molecule has 0 atom stereocenters. The van der Waals surface area contributed by atoms with Crippen LogP contribution in [0.4, 0.5) is 10.1 Å². The minimum Gasteiger partial charge on any atom is -0.474 e. The number of nitrogens with one attached hydrogen (secondary N) is 1. The Kier molecular flexibility index (Phi) is 4.35. The first-order valence-corrected chi connectivity index (χ1v) is 10.2. The Bertz CT molecular complexity index is 1200. The molecular formula is C25H23FN2O2. The highest BCUT2D eigenvalue weighted by atomic mass is 19.1. The second-order valence-electron chi connectivity index (χ2n) is 8.17. The number of carbonyl (C=O) groups excluding carboxylic acids is 1. The van der Waals surface area contributed by atoms with E-state index in [1.807, 2.05) is 26.8 Å². The Hall–Kier alpha value is -3.21. The van der Waals surface area contributed by atoms with E-state index >= 15 is 4.39 Å². The van der Waals surface area contributed by atoms with Gasteiger partial charge in [-0.1, -0.05) is 17.7 Å². The molecule has 152 valence electrons. The van der Waals surface area contributed by atoms with Crippen molar-refractivity contribution in [1.82, 2.24) is 4.98 Å². The van der Waals surface area contributed by atoms with Gasteiger partial charge in [-0.3, -0.25) is 4.79 Å². The Labute approximate surface area is 175 Å². The van der Waals surface area contributed by atoms with Crippen LogP contribution in [0.5, 0.6) is 5.88 Å². The van der Waals surface area contributed by atoms with E-state index in [9.17, 15) is 4.79 Å². The summed E-state index contributed by atoms with van der Waals surface area (Å²) in [4.78, 5) is 17.2. The lowest BCUT2D eigenvalue weighted by Gasteiger charge is -2.22. The van der Waals surface area contributed by atoms with Crippen molar-refractivity contribution in [2.75, 3.05) is 18.5 Å². The van der Waals surface area contributed by atoms with Gasteiger partial charge in [0, 0.05) is 35.9 Å². The molecule has 1 aromatic heterocycles. The third-order valence-electron chi connectivity index (χ3n) is 6.19. The number of ether oxygens (including phenoxy) is 1. The zero-order chi connectivity index (χ0) is 21.0. The summed E-state index contributed by atoms with van der Waals surface area (Å²) in [6.07, 6.45) is 8.81. The first kappa shape index (κ1) is 18.8. The lowest BCUT2D eigenvalue weighted by molar-refractivity contribution is -0.112. The second-order valence-corrected chi connectivity index (χ2v) is 8.17. The summed E-state index contributed by atoms with van der Waals surface area (Å²) in [5, 5.41) is 3.34. The van der Waals surface area contributed by atoms with Crippen molar-refractivity contribution in [3.8, 4) is 17.0 Å². The van der Waals surface area contributed by atoms with E-state index in [2.05, 4.69) is 22.5 Å². The Morgan fingerprint density at radius 3 is 2.80 bits per heavy atom. The first-order chi connectivity index (χ1) is 14.4. The SMILES string of the molecule is CC1=CCC(/C=C2\C(=O)Cc3c(F)cc(-c4cnc5c(c4C)NCCO5)c(C)c32)=C1. The molecule has 5 heteroatoms. The normalized spacial score (nSPS) is 18.5. The maximum absolute atomic E-state index is 15.1. The van der Waals surface area contributed by atoms with E-state index in [1.165, 1.54) is 5.57 Å². The number of carbonyl (C=O) groups is 1. The monoisotopic (exact) mass is 402 g/mol. The molecule has 0 fully saturated rings. The van der Waals surface area contributed by atoms with E-state index in [0.29, 0.717) is 30.2 Å². The van der Waals surface area contributed by atoms with E-state index in [-0.39, 0.29) is 18.0 Å². The minimum absolute atomic E-state index is 0.0232. The average molecular weight is 402 g/mol. The second kappa shape index (κ2) is 6.94. The zero-order valence-corrected chi connectivity index (χ0v) is 17.4. The maximum Gasteiger partial charge on any atom is 0.237 e. The summed E-state index contributed by atoms with van der Waals surface area (Å²) in [5.41, 5.74) is 8.47. The van der Waals surface area contributed by atoms with Crippen molar-refractivity contribution in [3.63, 3.8) is 0 Å². The van der Waals surface area contributed by atoms with E-state index in [1.54, 1.807) is 12.3 Å². The molecule has 2 aromatic rings. The zero-order valence-electron chi connectivity index (χ0n) is 17.4. The number of rotatable bonds is 2. The number of fused-ring (bicyclic) bond motifs is 2. The third kappa shape index (κ3) is 2.88. The fraction of sp³-hybridized carbons (Fsp3) is 0.280. The fourth-order valence-electron chi connectivity index (χ4n) is 4.64. The predicted molar refractivity (Wildman–Crippen MR) is 116 cm³/mol. The van der Waals surface area contributed by atoms with Gasteiger partial charge in [0.15, 0.2) is 5.78 Å². The van der Waals surface area contributed by atoms with Crippen LogP contribution in [0.25, 0.3) is 16.7 Å². The minimum atomic E-state index is -0.335. The van der Waals surface area contributed by atoms with E-state index in [4.69, 9.17) is 4.74 Å². The van der Waals surface area contributed by atoms with Crippen molar-refractivity contribution in [2.24, 2.45) is 0 Å². The van der Waals surface area contributed by atoms with Crippen molar-refractivity contribution < 1.29 is 13.9 Å². The lowest BCUT2D eigenvalue weighted by Crippen LogP contribution is -2.20. The molecule has 1 aromatic carbocycles. The van der Waals surface area contributed by atoms with Crippen molar-refractivity contribution in [1.29, 1.82) is 0 Å². The number of benzene rings is 1. The van der Waals surface area contributed by atoms with E-state index in [0.717, 1.165) is 45.5 Å². The molecule has 0 spiro atoms. The molecule has 2 aliphatic carbocycles. The number of anilines is 1. The predicted octanol–water partition coefficient (Wildman–Crippen LogP) is 5.09. The molecule has 4 nitrogen and oxygen atoms in total. The van der Waals surface area contributed by atoms with Crippen LogP contribution in [0.3, 0.4) is 0 Å². The van der Waals surface area contributed by atoms with Crippen LogP contribution in [0.15, 0.2) is 41.6 Å². The number of nitrogens with zero attached hydrogens (tertiary/aromatic N) is 1. The highest BCUT2D eigenvalue weighted by Crippen LogP contribution is 2.42. The Morgan fingerprint density at radius 1 is 1.20 bits per heavy atom. The standard InChI is InChI=1S/C25H23FN2O2/c1-13-4-5-16(8-13)9-19-22(29)11-18-21(26)10-17(14(2)23(18)19)20-12-28-25-24(15(20)3)27-6-7-30-25/h4,8-10,12,27H,5-7,11H2,1-3H3/b19-9+. The van der Waals surface area contributed by atoms with Gasteiger partial charge in [0.25, 0.3) is 0 Å². The summed E-state index contributed by atoms with van der Waals surface area (Å²) < 4.78 is 20.8. The Balaban J connectivity index is 1.68.